The van der Waals surface area contributed by atoms with Gasteiger partial charge in [-0.05, 0) is 30.5 Å². The van der Waals surface area contributed by atoms with Crippen LogP contribution in [-0.2, 0) is 11.8 Å². The summed E-state index contributed by atoms with van der Waals surface area (Å²) in [5, 5.41) is 2.23. The van der Waals surface area contributed by atoms with Crippen molar-refractivity contribution in [2.45, 2.75) is 25.7 Å². The lowest BCUT2D eigenvalue weighted by Crippen LogP contribution is -2.32. The zero-order valence-corrected chi connectivity index (χ0v) is 9.45. The standard InChI is InChI=1S/C11H17NS/c1-11(2)8-12(3)6-4-9-5-7-13-10(9)11/h5,7H,4,6,8H2,1-3H3. The summed E-state index contributed by atoms with van der Waals surface area (Å²) in [5.74, 6) is 0. The SMILES string of the molecule is CN1CCc2ccsc2C(C)(C)C1. The first-order chi connectivity index (χ1) is 6.09. The Bertz CT molecular complexity index is 301. The molecule has 1 aliphatic heterocycles. The van der Waals surface area contributed by atoms with Crippen LogP contribution in [0.25, 0.3) is 0 Å². The molecule has 1 nitrogen and oxygen atoms in total. The van der Waals surface area contributed by atoms with Crippen molar-refractivity contribution >= 4 is 11.3 Å². The van der Waals surface area contributed by atoms with Crippen molar-refractivity contribution in [3.63, 3.8) is 0 Å². The summed E-state index contributed by atoms with van der Waals surface area (Å²) in [6.45, 7) is 7.09. The minimum atomic E-state index is 0.342. The van der Waals surface area contributed by atoms with Crippen LogP contribution in [0.4, 0.5) is 0 Å². The fraction of sp³-hybridized carbons (Fsp3) is 0.636. The lowest BCUT2D eigenvalue weighted by molar-refractivity contribution is 0.285. The normalized spacial score (nSPS) is 22.4. The van der Waals surface area contributed by atoms with E-state index < -0.39 is 0 Å². The first-order valence-corrected chi connectivity index (χ1v) is 5.73. The average Bonchev–Trinajstić information content (AvgIpc) is 2.44. The highest BCUT2D eigenvalue weighted by Gasteiger charge is 2.28. The van der Waals surface area contributed by atoms with Gasteiger partial charge in [-0.3, -0.25) is 0 Å². The van der Waals surface area contributed by atoms with Crippen LogP contribution in [0.5, 0.6) is 0 Å². The predicted octanol–water partition coefficient (Wildman–Crippen LogP) is 2.51. The lowest BCUT2D eigenvalue weighted by Gasteiger charge is -2.26. The van der Waals surface area contributed by atoms with Crippen LogP contribution in [0.3, 0.4) is 0 Å². The number of nitrogens with zero attached hydrogens (tertiary/aromatic N) is 1. The Morgan fingerprint density at radius 2 is 2.23 bits per heavy atom. The van der Waals surface area contributed by atoms with Crippen LogP contribution in [0.2, 0.25) is 0 Å². The van der Waals surface area contributed by atoms with Gasteiger partial charge in [0.05, 0.1) is 0 Å². The monoisotopic (exact) mass is 195 g/mol. The highest BCUT2D eigenvalue weighted by atomic mass is 32.1. The Labute approximate surface area is 84.4 Å². The van der Waals surface area contributed by atoms with Crippen LogP contribution < -0.4 is 0 Å². The van der Waals surface area contributed by atoms with E-state index in [0.29, 0.717) is 5.41 Å². The van der Waals surface area contributed by atoms with Gasteiger partial charge >= 0.3 is 0 Å². The van der Waals surface area contributed by atoms with Gasteiger partial charge in [0.25, 0.3) is 0 Å². The summed E-state index contributed by atoms with van der Waals surface area (Å²) < 4.78 is 0. The Hall–Kier alpha value is -0.340. The third-order valence-electron chi connectivity index (χ3n) is 2.79. The lowest BCUT2D eigenvalue weighted by atomic mass is 9.89. The molecule has 0 unspecified atom stereocenters. The van der Waals surface area contributed by atoms with E-state index in [9.17, 15) is 0 Å². The molecule has 2 heterocycles. The number of hydrogen-bond donors (Lipinski definition) is 0. The number of likely N-dealkylation sites (N-methyl/N-ethyl adjacent to an activating group) is 1. The molecule has 0 atom stereocenters. The first kappa shape index (κ1) is 9.22. The topological polar surface area (TPSA) is 3.24 Å². The van der Waals surface area contributed by atoms with E-state index in [1.54, 1.807) is 10.4 Å². The van der Waals surface area contributed by atoms with Crippen LogP contribution >= 0.6 is 11.3 Å². The molecule has 1 aromatic rings. The van der Waals surface area contributed by atoms with E-state index in [4.69, 9.17) is 0 Å². The highest BCUT2D eigenvalue weighted by molar-refractivity contribution is 7.10. The van der Waals surface area contributed by atoms with Crippen LogP contribution in [0, 0.1) is 0 Å². The smallest absolute Gasteiger partial charge is 0.0147 e. The largest absolute Gasteiger partial charge is 0.305 e. The third-order valence-corrected chi connectivity index (χ3v) is 4.11. The number of thiophene rings is 1. The zero-order chi connectivity index (χ0) is 9.47. The van der Waals surface area contributed by atoms with E-state index in [-0.39, 0.29) is 0 Å². The molecule has 2 rings (SSSR count). The molecule has 1 aromatic heterocycles. The molecule has 0 fully saturated rings. The predicted molar refractivity (Wildman–Crippen MR) is 58.5 cm³/mol. The van der Waals surface area contributed by atoms with E-state index in [2.05, 4.69) is 37.2 Å². The van der Waals surface area contributed by atoms with Gasteiger partial charge in [0.2, 0.25) is 0 Å². The second kappa shape index (κ2) is 3.10. The first-order valence-electron chi connectivity index (χ1n) is 4.85. The van der Waals surface area contributed by atoms with Gasteiger partial charge < -0.3 is 4.90 Å². The van der Waals surface area contributed by atoms with Crippen LogP contribution in [0.1, 0.15) is 24.3 Å². The Balaban J connectivity index is 2.40. The minimum absolute atomic E-state index is 0.342. The second-order valence-electron chi connectivity index (χ2n) is 4.65. The number of fused-ring (bicyclic) bond motifs is 1. The van der Waals surface area contributed by atoms with Crippen molar-refractivity contribution in [1.82, 2.24) is 4.90 Å². The molecule has 72 valence electrons. The quantitative estimate of drug-likeness (QED) is 0.615. The van der Waals surface area contributed by atoms with Crippen molar-refractivity contribution in [1.29, 1.82) is 0 Å². The molecule has 0 aromatic carbocycles. The molecule has 0 spiro atoms. The summed E-state index contributed by atoms with van der Waals surface area (Å²) in [6, 6.07) is 2.29. The van der Waals surface area contributed by atoms with Crippen molar-refractivity contribution in [2.75, 3.05) is 20.1 Å². The maximum absolute atomic E-state index is 2.44. The van der Waals surface area contributed by atoms with Crippen molar-refractivity contribution in [3.05, 3.63) is 21.9 Å². The van der Waals surface area contributed by atoms with Gasteiger partial charge in [0.15, 0.2) is 0 Å². The van der Waals surface area contributed by atoms with Gasteiger partial charge in [0.1, 0.15) is 0 Å². The molecule has 0 aliphatic carbocycles. The fourth-order valence-electron chi connectivity index (χ4n) is 2.26. The van der Waals surface area contributed by atoms with E-state index >= 15 is 0 Å². The summed E-state index contributed by atoms with van der Waals surface area (Å²) in [5.41, 5.74) is 1.91. The van der Waals surface area contributed by atoms with E-state index in [1.807, 2.05) is 11.3 Å². The fourth-order valence-corrected chi connectivity index (χ4v) is 3.34. The van der Waals surface area contributed by atoms with Crippen molar-refractivity contribution < 1.29 is 0 Å². The molecule has 13 heavy (non-hydrogen) atoms. The minimum Gasteiger partial charge on any atom is -0.305 e. The molecular formula is C11H17NS. The highest BCUT2D eigenvalue weighted by Crippen LogP contribution is 2.34. The van der Waals surface area contributed by atoms with Gasteiger partial charge in [-0.1, -0.05) is 13.8 Å². The van der Waals surface area contributed by atoms with E-state index in [0.717, 1.165) is 0 Å². The maximum atomic E-state index is 2.44. The summed E-state index contributed by atoms with van der Waals surface area (Å²) in [6.07, 6.45) is 1.22. The zero-order valence-electron chi connectivity index (χ0n) is 8.63. The average molecular weight is 195 g/mol. The van der Waals surface area contributed by atoms with Crippen LogP contribution in [0.15, 0.2) is 11.4 Å². The molecule has 0 saturated carbocycles. The van der Waals surface area contributed by atoms with Crippen molar-refractivity contribution in [3.8, 4) is 0 Å². The van der Waals surface area contributed by atoms with Gasteiger partial charge in [-0.2, -0.15) is 0 Å². The molecule has 0 amide bonds. The van der Waals surface area contributed by atoms with Gasteiger partial charge in [0, 0.05) is 23.4 Å². The van der Waals surface area contributed by atoms with Crippen molar-refractivity contribution in [2.24, 2.45) is 0 Å². The Kier molecular flexibility index (Phi) is 2.20. The van der Waals surface area contributed by atoms with E-state index in [1.165, 1.54) is 19.5 Å². The van der Waals surface area contributed by atoms with Gasteiger partial charge in [-0.15, -0.1) is 11.3 Å². The maximum Gasteiger partial charge on any atom is 0.0147 e. The number of rotatable bonds is 0. The summed E-state index contributed by atoms with van der Waals surface area (Å²) >= 11 is 1.92. The number of hydrogen-bond acceptors (Lipinski definition) is 2. The molecule has 0 N–H and O–H groups in total. The molecule has 0 bridgehead atoms. The third kappa shape index (κ3) is 1.65. The molecule has 2 heteroatoms. The molecular weight excluding hydrogens is 178 g/mol. The Morgan fingerprint density at radius 1 is 1.46 bits per heavy atom. The van der Waals surface area contributed by atoms with Crippen LogP contribution in [-0.4, -0.2) is 25.0 Å². The summed E-state index contributed by atoms with van der Waals surface area (Å²) in [7, 11) is 2.22. The Morgan fingerprint density at radius 3 is 3.00 bits per heavy atom. The molecule has 1 aliphatic rings. The molecule has 0 saturated heterocycles. The summed E-state index contributed by atoms with van der Waals surface area (Å²) in [4.78, 5) is 4.03. The van der Waals surface area contributed by atoms with Gasteiger partial charge in [-0.25, -0.2) is 0 Å². The second-order valence-corrected chi connectivity index (χ2v) is 5.56. The molecule has 0 radical (unpaired) electrons.